The average Bonchev–Trinajstić information content (AvgIpc) is 3.02. The number of thiophene rings is 1. The molecule has 2 rings (SSSR count). The first-order valence-electron chi connectivity index (χ1n) is 6.44. The van der Waals surface area contributed by atoms with Crippen LogP contribution < -0.4 is 5.73 Å². The first-order valence-corrected chi connectivity index (χ1v) is 7.26. The highest BCUT2D eigenvalue weighted by molar-refractivity contribution is 7.16. The monoisotopic (exact) mass is 281 g/mol. The maximum atomic E-state index is 5.99. The summed E-state index contributed by atoms with van der Waals surface area (Å²) in [5.41, 5.74) is 6.81. The smallest absolute Gasteiger partial charge is 0.261 e. The van der Waals surface area contributed by atoms with Crippen molar-refractivity contribution in [2.75, 3.05) is 12.8 Å². The second-order valence-corrected chi connectivity index (χ2v) is 5.48. The van der Waals surface area contributed by atoms with E-state index < -0.39 is 0 Å². The van der Waals surface area contributed by atoms with Crippen LogP contribution in [0.4, 0.5) is 5.00 Å². The lowest BCUT2D eigenvalue weighted by Gasteiger charge is -2.08. The molecule has 104 valence electrons. The number of rotatable bonds is 6. The van der Waals surface area contributed by atoms with E-state index in [2.05, 4.69) is 24.0 Å². The van der Waals surface area contributed by atoms with Crippen LogP contribution in [0.1, 0.15) is 43.5 Å². The van der Waals surface area contributed by atoms with Gasteiger partial charge in [-0.3, -0.25) is 0 Å². The first kappa shape index (κ1) is 14.0. The van der Waals surface area contributed by atoms with Gasteiger partial charge in [-0.25, -0.2) is 0 Å². The van der Waals surface area contributed by atoms with E-state index in [4.69, 9.17) is 15.0 Å². The van der Waals surface area contributed by atoms with Gasteiger partial charge in [-0.05, 0) is 18.9 Å². The number of anilines is 1. The van der Waals surface area contributed by atoms with E-state index in [0.29, 0.717) is 11.7 Å². The topological polar surface area (TPSA) is 74.2 Å². The SMILES string of the molecule is CCCC(OC)c1noc(-c2cc(CC)sc2N)n1. The van der Waals surface area contributed by atoms with Gasteiger partial charge < -0.3 is 15.0 Å². The summed E-state index contributed by atoms with van der Waals surface area (Å²) in [5, 5.41) is 4.72. The standard InChI is InChI=1S/C13H19N3O2S/c1-4-6-10(17-3)12-15-13(18-16-12)9-7-8(5-2)19-11(9)14/h7,10H,4-6,14H2,1-3H3. The minimum atomic E-state index is -0.118. The highest BCUT2D eigenvalue weighted by Gasteiger charge is 2.20. The molecule has 0 aliphatic carbocycles. The molecule has 19 heavy (non-hydrogen) atoms. The Labute approximate surface area is 116 Å². The third kappa shape index (κ3) is 2.96. The van der Waals surface area contributed by atoms with Crippen molar-refractivity contribution in [3.05, 3.63) is 16.8 Å². The minimum Gasteiger partial charge on any atom is -0.390 e. The molecule has 0 fully saturated rings. The van der Waals surface area contributed by atoms with Gasteiger partial charge in [0.15, 0.2) is 0 Å². The van der Waals surface area contributed by atoms with Crippen LogP contribution in [0, 0.1) is 0 Å². The largest absolute Gasteiger partial charge is 0.390 e. The predicted molar refractivity (Wildman–Crippen MR) is 76.1 cm³/mol. The van der Waals surface area contributed by atoms with Gasteiger partial charge in [0.2, 0.25) is 5.82 Å². The van der Waals surface area contributed by atoms with Crippen LogP contribution in [-0.2, 0) is 11.2 Å². The zero-order valence-electron chi connectivity index (χ0n) is 11.5. The van der Waals surface area contributed by atoms with Crippen LogP contribution in [0.25, 0.3) is 11.5 Å². The molecular formula is C13H19N3O2S. The molecule has 1 atom stereocenters. The zero-order valence-corrected chi connectivity index (χ0v) is 12.3. The highest BCUT2D eigenvalue weighted by Crippen LogP contribution is 2.34. The molecule has 0 radical (unpaired) electrons. The maximum Gasteiger partial charge on any atom is 0.261 e. The molecule has 6 heteroatoms. The predicted octanol–water partition coefficient (Wildman–Crippen LogP) is 3.43. The molecule has 0 bridgehead atoms. The van der Waals surface area contributed by atoms with E-state index in [1.807, 2.05) is 6.07 Å². The molecule has 0 aliphatic rings. The highest BCUT2D eigenvalue weighted by atomic mass is 32.1. The lowest BCUT2D eigenvalue weighted by atomic mass is 10.2. The Morgan fingerprint density at radius 2 is 2.26 bits per heavy atom. The van der Waals surface area contributed by atoms with Crippen molar-refractivity contribution in [3.8, 4) is 11.5 Å². The van der Waals surface area contributed by atoms with E-state index in [1.54, 1.807) is 18.4 Å². The molecule has 2 heterocycles. The molecule has 2 N–H and O–H groups in total. The summed E-state index contributed by atoms with van der Waals surface area (Å²) in [4.78, 5) is 5.61. The second kappa shape index (κ2) is 6.16. The number of aromatic nitrogens is 2. The number of nitrogen functional groups attached to an aromatic ring is 1. The Bertz CT molecular complexity index is 536. The number of methoxy groups -OCH3 is 1. The molecule has 0 saturated carbocycles. The quantitative estimate of drug-likeness (QED) is 0.878. The molecule has 2 aromatic rings. The molecule has 0 spiro atoms. The lowest BCUT2D eigenvalue weighted by molar-refractivity contribution is 0.0854. The first-order chi connectivity index (χ1) is 9.19. The van der Waals surface area contributed by atoms with Crippen molar-refractivity contribution in [2.24, 2.45) is 0 Å². The summed E-state index contributed by atoms with van der Waals surface area (Å²) >= 11 is 1.56. The van der Waals surface area contributed by atoms with Crippen LogP contribution in [0.5, 0.6) is 0 Å². The molecule has 0 aromatic carbocycles. The van der Waals surface area contributed by atoms with Crippen molar-refractivity contribution in [1.82, 2.24) is 10.1 Å². The van der Waals surface area contributed by atoms with Gasteiger partial charge in [0.25, 0.3) is 5.89 Å². The van der Waals surface area contributed by atoms with E-state index in [0.717, 1.165) is 29.8 Å². The third-order valence-corrected chi connectivity index (χ3v) is 4.06. The van der Waals surface area contributed by atoms with Gasteiger partial charge in [-0.15, -0.1) is 11.3 Å². The Morgan fingerprint density at radius 1 is 1.47 bits per heavy atom. The van der Waals surface area contributed by atoms with Crippen molar-refractivity contribution in [3.63, 3.8) is 0 Å². The Hall–Kier alpha value is -1.40. The number of hydrogen-bond donors (Lipinski definition) is 1. The van der Waals surface area contributed by atoms with Gasteiger partial charge in [0.05, 0.1) is 10.6 Å². The number of hydrogen-bond acceptors (Lipinski definition) is 6. The minimum absolute atomic E-state index is 0.118. The normalized spacial score (nSPS) is 12.8. The molecule has 2 aromatic heterocycles. The van der Waals surface area contributed by atoms with Crippen molar-refractivity contribution in [2.45, 2.75) is 39.2 Å². The molecule has 1 unspecified atom stereocenters. The summed E-state index contributed by atoms with van der Waals surface area (Å²) < 4.78 is 10.7. The molecule has 0 aliphatic heterocycles. The van der Waals surface area contributed by atoms with E-state index in [9.17, 15) is 0 Å². The second-order valence-electron chi connectivity index (χ2n) is 4.31. The van der Waals surface area contributed by atoms with E-state index in [1.165, 1.54) is 4.88 Å². The van der Waals surface area contributed by atoms with Gasteiger partial charge in [0.1, 0.15) is 6.10 Å². The molecule has 5 nitrogen and oxygen atoms in total. The van der Waals surface area contributed by atoms with Crippen LogP contribution in [-0.4, -0.2) is 17.3 Å². The van der Waals surface area contributed by atoms with Crippen LogP contribution in [0.3, 0.4) is 0 Å². The maximum absolute atomic E-state index is 5.99. The molecular weight excluding hydrogens is 262 g/mol. The number of nitrogens with two attached hydrogens (primary N) is 1. The molecule has 0 saturated heterocycles. The van der Waals surface area contributed by atoms with Gasteiger partial charge in [-0.2, -0.15) is 4.98 Å². The molecule has 0 amide bonds. The van der Waals surface area contributed by atoms with Crippen LogP contribution in [0.2, 0.25) is 0 Å². The Morgan fingerprint density at radius 3 is 2.84 bits per heavy atom. The summed E-state index contributed by atoms with van der Waals surface area (Å²) in [6, 6.07) is 2.01. The fourth-order valence-electron chi connectivity index (χ4n) is 1.89. The van der Waals surface area contributed by atoms with Crippen molar-refractivity contribution in [1.29, 1.82) is 0 Å². The van der Waals surface area contributed by atoms with Gasteiger partial charge in [0, 0.05) is 12.0 Å². The zero-order chi connectivity index (χ0) is 13.8. The fraction of sp³-hybridized carbons (Fsp3) is 0.538. The van der Waals surface area contributed by atoms with Gasteiger partial charge in [-0.1, -0.05) is 25.4 Å². The van der Waals surface area contributed by atoms with Crippen LogP contribution in [0.15, 0.2) is 10.6 Å². The average molecular weight is 281 g/mol. The number of aryl methyl sites for hydroxylation is 1. The van der Waals surface area contributed by atoms with E-state index >= 15 is 0 Å². The Kier molecular flexibility index (Phi) is 4.55. The van der Waals surface area contributed by atoms with Gasteiger partial charge >= 0.3 is 0 Å². The van der Waals surface area contributed by atoms with Crippen LogP contribution >= 0.6 is 11.3 Å². The van der Waals surface area contributed by atoms with Crippen molar-refractivity contribution >= 4 is 16.3 Å². The third-order valence-electron chi connectivity index (χ3n) is 2.96. The number of nitrogens with zero attached hydrogens (tertiary/aromatic N) is 2. The Balaban J connectivity index is 2.26. The van der Waals surface area contributed by atoms with E-state index in [-0.39, 0.29) is 6.10 Å². The fourth-order valence-corrected chi connectivity index (χ4v) is 2.75. The summed E-state index contributed by atoms with van der Waals surface area (Å²) in [5.74, 6) is 1.06. The summed E-state index contributed by atoms with van der Waals surface area (Å²) in [6.45, 7) is 4.19. The lowest BCUT2D eigenvalue weighted by Crippen LogP contribution is -2.03. The summed E-state index contributed by atoms with van der Waals surface area (Å²) in [7, 11) is 1.66. The number of ether oxygens (including phenoxy) is 1. The summed E-state index contributed by atoms with van der Waals surface area (Å²) in [6.07, 6.45) is 2.71. The van der Waals surface area contributed by atoms with Crippen molar-refractivity contribution < 1.29 is 9.26 Å².